The van der Waals surface area contributed by atoms with Crippen LogP contribution in [0.4, 0.5) is 11.4 Å². The van der Waals surface area contributed by atoms with E-state index in [1.54, 1.807) is 23.0 Å². The zero-order chi connectivity index (χ0) is 15.9. The quantitative estimate of drug-likeness (QED) is 0.731. The topological polar surface area (TPSA) is 79.2 Å². The number of aliphatic hydroxyl groups excluding tert-OH is 1. The second kappa shape index (κ2) is 7.61. The number of nitrogens with one attached hydrogen (secondary N) is 2. The molecule has 0 radical (unpaired) electrons. The van der Waals surface area contributed by atoms with E-state index >= 15 is 0 Å². The Labute approximate surface area is 130 Å². The Bertz CT molecular complexity index is 624. The molecule has 0 fully saturated rings. The van der Waals surface area contributed by atoms with Crippen molar-refractivity contribution in [2.24, 2.45) is 7.05 Å². The van der Waals surface area contributed by atoms with Crippen molar-refractivity contribution in [3.8, 4) is 0 Å². The monoisotopic (exact) mass is 302 g/mol. The van der Waals surface area contributed by atoms with Gasteiger partial charge in [-0.1, -0.05) is 13.0 Å². The zero-order valence-electron chi connectivity index (χ0n) is 12.9. The number of hydrogen-bond donors (Lipinski definition) is 3. The number of aryl methyl sites for hydroxylation is 1. The first-order valence-corrected chi connectivity index (χ1v) is 7.40. The minimum atomic E-state index is -0.362. The molecule has 0 aliphatic heterocycles. The summed E-state index contributed by atoms with van der Waals surface area (Å²) in [5.74, 6) is -0.141. The van der Waals surface area contributed by atoms with Crippen LogP contribution >= 0.6 is 0 Å². The molecule has 3 N–H and O–H groups in total. The van der Waals surface area contributed by atoms with E-state index in [1.165, 1.54) is 0 Å². The van der Waals surface area contributed by atoms with Crippen LogP contribution in [-0.2, 0) is 7.05 Å². The van der Waals surface area contributed by atoms with Gasteiger partial charge in [0.05, 0.1) is 18.0 Å². The molecule has 0 aliphatic carbocycles. The number of aliphatic hydroxyl groups is 1. The van der Waals surface area contributed by atoms with Crippen LogP contribution in [0.5, 0.6) is 0 Å². The number of carbonyl (C=O) groups excluding carboxylic acids is 1. The van der Waals surface area contributed by atoms with E-state index in [2.05, 4.69) is 15.7 Å². The molecule has 1 atom stereocenters. The summed E-state index contributed by atoms with van der Waals surface area (Å²) in [6, 6.07) is 7.28. The summed E-state index contributed by atoms with van der Waals surface area (Å²) >= 11 is 0. The SMILES string of the molecule is CCC(O)CCNC(=O)c1cccc(Nc2cnn(C)c2)c1. The predicted octanol–water partition coefficient (Wildman–Crippen LogP) is 2.05. The number of aromatic nitrogens is 2. The average Bonchev–Trinajstić information content (AvgIpc) is 2.92. The van der Waals surface area contributed by atoms with Gasteiger partial charge in [-0.2, -0.15) is 5.10 Å². The van der Waals surface area contributed by atoms with Crippen molar-refractivity contribution in [1.29, 1.82) is 0 Å². The lowest BCUT2D eigenvalue weighted by molar-refractivity contribution is 0.0942. The summed E-state index contributed by atoms with van der Waals surface area (Å²) in [6.07, 6.45) is 4.48. The third-order valence-electron chi connectivity index (χ3n) is 3.35. The molecule has 0 spiro atoms. The van der Waals surface area contributed by atoms with Gasteiger partial charge < -0.3 is 15.7 Å². The summed E-state index contributed by atoms with van der Waals surface area (Å²) < 4.78 is 1.71. The molecule has 0 aliphatic rings. The summed E-state index contributed by atoms with van der Waals surface area (Å²) in [4.78, 5) is 12.1. The second-order valence-corrected chi connectivity index (χ2v) is 5.22. The lowest BCUT2D eigenvalue weighted by Gasteiger charge is -2.10. The van der Waals surface area contributed by atoms with Gasteiger partial charge in [0.15, 0.2) is 0 Å². The predicted molar refractivity (Wildman–Crippen MR) is 86.2 cm³/mol. The number of amides is 1. The molecule has 2 aromatic rings. The third-order valence-corrected chi connectivity index (χ3v) is 3.35. The number of nitrogens with zero attached hydrogens (tertiary/aromatic N) is 2. The van der Waals surface area contributed by atoms with Crippen molar-refractivity contribution < 1.29 is 9.90 Å². The number of rotatable bonds is 7. The number of anilines is 2. The lowest BCUT2D eigenvalue weighted by atomic mass is 10.1. The smallest absolute Gasteiger partial charge is 0.251 e. The van der Waals surface area contributed by atoms with E-state index in [1.807, 2.05) is 32.3 Å². The average molecular weight is 302 g/mol. The van der Waals surface area contributed by atoms with E-state index in [0.717, 1.165) is 11.4 Å². The van der Waals surface area contributed by atoms with Gasteiger partial charge in [0.25, 0.3) is 5.91 Å². The van der Waals surface area contributed by atoms with Crippen LogP contribution in [0, 0.1) is 0 Å². The Balaban J connectivity index is 1.94. The van der Waals surface area contributed by atoms with E-state index in [-0.39, 0.29) is 12.0 Å². The standard InChI is InChI=1S/C16H22N4O2/c1-3-15(21)7-8-17-16(22)12-5-4-6-13(9-12)19-14-10-18-20(2)11-14/h4-6,9-11,15,19,21H,3,7-8H2,1-2H3,(H,17,22). The fourth-order valence-electron chi connectivity index (χ4n) is 2.05. The maximum Gasteiger partial charge on any atom is 0.251 e. The largest absolute Gasteiger partial charge is 0.393 e. The third kappa shape index (κ3) is 4.60. The fourth-order valence-corrected chi connectivity index (χ4v) is 2.05. The lowest BCUT2D eigenvalue weighted by Crippen LogP contribution is -2.27. The Morgan fingerprint density at radius 2 is 2.23 bits per heavy atom. The van der Waals surface area contributed by atoms with Gasteiger partial charge in [-0.3, -0.25) is 9.48 Å². The van der Waals surface area contributed by atoms with Gasteiger partial charge in [0, 0.05) is 31.0 Å². The molecule has 1 heterocycles. The Morgan fingerprint density at radius 1 is 1.41 bits per heavy atom. The highest BCUT2D eigenvalue weighted by atomic mass is 16.3. The van der Waals surface area contributed by atoms with Crippen molar-refractivity contribution in [1.82, 2.24) is 15.1 Å². The van der Waals surface area contributed by atoms with Gasteiger partial charge in [0.2, 0.25) is 0 Å². The summed E-state index contributed by atoms with van der Waals surface area (Å²) in [5, 5.41) is 19.6. The summed E-state index contributed by atoms with van der Waals surface area (Å²) in [5.41, 5.74) is 2.28. The normalized spacial score (nSPS) is 12.0. The minimum absolute atomic E-state index is 0.141. The molecule has 6 nitrogen and oxygen atoms in total. The molecule has 1 unspecified atom stereocenters. The molecule has 22 heavy (non-hydrogen) atoms. The van der Waals surface area contributed by atoms with Crippen LogP contribution in [0.2, 0.25) is 0 Å². The van der Waals surface area contributed by atoms with Crippen molar-refractivity contribution in [3.63, 3.8) is 0 Å². The van der Waals surface area contributed by atoms with Crippen LogP contribution in [0.25, 0.3) is 0 Å². The van der Waals surface area contributed by atoms with Gasteiger partial charge in [0.1, 0.15) is 0 Å². The van der Waals surface area contributed by atoms with Crippen LogP contribution in [0.3, 0.4) is 0 Å². The van der Waals surface area contributed by atoms with Gasteiger partial charge in [-0.15, -0.1) is 0 Å². The molecule has 0 saturated heterocycles. The van der Waals surface area contributed by atoms with Crippen molar-refractivity contribution in [2.45, 2.75) is 25.9 Å². The fraction of sp³-hybridized carbons (Fsp3) is 0.375. The summed E-state index contributed by atoms with van der Waals surface area (Å²) in [7, 11) is 1.85. The Kier molecular flexibility index (Phi) is 5.55. The first kappa shape index (κ1) is 16.0. The molecule has 0 bridgehead atoms. The molecule has 1 aromatic carbocycles. The zero-order valence-corrected chi connectivity index (χ0v) is 12.9. The molecular formula is C16H22N4O2. The van der Waals surface area contributed by atoms with Crippen LogP contribution in [0.1, 0.15) is 30.1 Å². The van der Waals surface area contributed by atoms with Gasteiger partial charge in [-0.05, 0) is 31.0 Å². The number of benzene rings is 1. The van der Waals surface area contributed by atoms with E-state index in [0.29, 0.717) is 24.9 Å². The number of hydrogen-bond acceptors (Lipinski definition) is 4. The highest BCUT2D eigenvalue weighted by Crippen LogP contribution is 2.16. The molecule has 1 amide bonds. The van der Waals surface area contributed by atoms with Gasteiger partial charge in [-0.25, -0.2) is 0 Å². The van der Waals surface area contributed by atoms with E-state index in [4.69, 9.17) is 0 Å². The minimum Gasteiger partial charge on any atom is -0.393 e. The highest BCUT2D eigenvalue weighted by molar-refractivity contribution is 5.95. The first-order valence-electron chi connectivity index (χ1n) is 7.40. The van der Waals surface area contributed by atoms with Gasteiger partial charge >= 0.3 is 0 Å². The molecule has 2 rings (SSSR count). The van der Waals surface area contributed by atoms with E-state index in [9.17, 15) is 9.90 Å². The molecular weight excluding hydrogens is 280 g/mol. The van der Waals surface area contributed by atoms with Crippen molar-refractivity contribution in [2.75, 3.05) is 11.9 Å². The first-order chi connectivity index (χ1) is 10.6. The van der Waals surface area contributed by atoms with Crippen molar-refractivity contribution in [3.05, 3.63) is 42.2 Å². The van der Waals surface area contributed by atoms with Crippen LogP contribution < -0.4 is 10.6 Å². The molecule has 118 valence electrons. The Hall–Kier alpha value is -2.34. The molecule has 0 saturated carbocycles. The summed E-state index contributed by atoms with van der Waals surface area (Å²) in [6.45, 7) is 2.38. The van der Waals surface area contributed by atoms with Crippen LogP contribution in [0.15, 0.2) is 36.7 Å². The van der Waals surface area contributed by atoms with E-state index < -0.39 is 0 Å². The van der Waals surface area contributed by atoms with Crippen LogP contribution in [-0.4, -0.2) is 33.4 Å². The maximum absolute atomic E-state index is 12.1. The number of carbonyl (C=O) groups is 1. The molecule has 6 heteroatoms. The Morgan fingerprint density at radius 3 is 2.91 bits per heavy atom. The highest BCUT2D eigenvalue weighted by Gasteiger charge is 2.07. The molecule has 1 aromatic heterocycles. The van der Waals surface area contributed by atoms with Crippen molar-refractivity contribution >= 4 is 17.3 Å². The second-order valence-electron chi connectivity index (χ2n) is 5.22. The maximum atomic E-state index is 12.1.